The molecule has 1 fully saturated rings. The second-order valence-corrected chi connectivity index (χ2v) is 7.48. The standard InChI is InChI=1S/C22H26F2N2O3/c1-14-9-17(22(26-12-14)29-16-5-2-3-6-16)15-10-19(23)18(20(24)11-15)13-25-8-4-7-21(27)28/h9-12,16,25H,2-8,13H2,1H3,(H,27,28). The number of carboxylic acids is 1. The van der Waals surface area contributed by atoms with Gasteiger partial charge < -0.3 is 15.2 Å². The van der Waals surface area contributed by atoms with E-state index in [1.807, 2.05) is 13.0 Å². The number of pyridine rings is 1. The molecule has 0 atom stereocenters. The second kappa shape index (κ2) is 9.78. The highest BCUT2D eigenvalue weighted by atomic mass is 19.1. The lowest BCUT2D eigenvalue weighted by atomic mass is 10.0. The number of carbonyl (C=O) groups is 1. The fourth-order valence-corrected chi connectivity index (χ4v) is 3.53. The molecular weight excluding hydrogens is 378 g/mol. The number of carboxylic acid groups (broad SMARTS) is 1. The highest BCUT2D eigenvalue weighted by molar-refractivity contribution is 5.69. The van der Waals surface area contributed by atoms with E-state index in [1.54, 1.807) is 6.20 Å². The van der Waals surface area contributed by atoms with Crippen LogP contribution in [0.4, 0.5) is 8.78 Å². The minimum absolute atomic E-state index is 0.00490. The first kappa shape index (κ1) is 21.2. The van der Waals surface area contributed by atoms with Crippen LogP contribution in [-0.4, -0.2) is 28.7 Å². The van der Waals surface area contributed by atoms with E-state index in [2.05, 4.69) is 10.3 Å². The van der Waals surface area contributed by atoms with Crippen molar-refractivity contribution in [2.24, 2.45) is 0 Å². The zero-order chi connectivity index (χ0) is 20.8. The number of benzene rings is 1. The van der Waals surface area contributed by atoms with E-state index in [0.29, 0.717) is 30.0 Å². The first-order valence-electron chi connectivity index (χ1n) is 9.98. The van der Waals surface area contributed by atoms with Gasteiger partial charge in [-0.15, -0.1) is 0 Å². The molecule has 2 N–H and O–H groups in total. The van der Waals surface area contributed by atoms with Crippen molar-refractivity contribution in [2.45, 2.75) is 58.1 Å². The molecule has 7 heteroatoms. The molecule has 156 valence electrons. The average molecular weight is 404 g/mol. The second-order valence-electron chi connectivity index (χ2n) is 7.48. The van der Waals surface area contributed by atoms with E-state index in [4.69, 9.17) is 9.84 Å². The van der Waals surface area contributed by atoms with Gasteiger partial charge in [0.2, 0.25) is 5.88 Å². The number of nitrogens with one attached hydrogen (secondary N) is 1. The van der Waals surface area contributed by atoms with Gasteiger partial charge in [-0.2, -0.15) is 0 Å². The lowest BCUT2D eigenvalue weighted by Crippen LogP contribution is -2.17. The molecule has 3 rings (SSSR count). The molecule has 1 heterocycles. The van der Waals surface area contributed by atoms with Crippen LogP contribution in [0.2, 0.25) is 0 Å². The molecule has 1 aromatic carbocycles. The average Bonchev–Trinajstić information content (AvgIpc) is 3.17. The Kier molecular flexibility index (Phi) is 7.14. The van der Waals surface area contributed by atoms with Crippen LogP contribution in [0.25, 0.3) is 11.1 Å². The van der Waals surface area contributed by atoms with Gasteiger partial charge >= 0.3 is 5.97 Å². The minimum atomic E-state index is -0.893. The molecule has 29 heavy (non-hydrogen) atoms. The van der Waals surface area contributed by atoms with Crippen LogP contribution in [0.3, 0.4) is 0 Å². The molecule has 0 amide bonds. The summed E-state index contributed by atoms with van der Waals surface area (Å²) in [5.41, 5.74) is 1.78. The molecule has 0 saturated heterocycles. The molecule has 2 aromatic rings. The topological polar surface area (TPSA) is 71.5 Å². The summed E-state index contributed by atoms with van der Waals surface area (Å²) in [5.74, 6) is -1.80. The Labute approximate surface area is 169 Å². The van der Waals surface area contributed by atoms with Crippen LogP contribution in [0.5, 0.6) is 5.88 Å². The molecule has 0 unspecified atom stereocenters. The molecule has 0 bridgehead atoms. The van der Waals surface area contributed by atoms with Crippen molar-refractivity contribution >= 4 is 5.97 Å². The highest BCUT2D eigenvalue weighted by Gasteiger charge is 2.21. The molecule has 5 nitrogen and oxygen atoms in total. The summed E-state index contributed by atoms with van der Waals surface area (Å²) < 4.78 is 35.3. The van der Waals surface area contributed by atoms with E-state index in [1.165, 1.54) is 12.1 Å². The summed E-state index contributed by atoms with van der Waals surface area (Å²) in [6.07, 6.45) is 6.35. The lowest BCUT2D eigenvalue weighted by molar-refractivity contribution is -0.137. The Morgan fingerprint density at radius 2 is 1.93 bits per heavy atom. The monoisotopic (exact) mass is 404 g/mol. The quantitative estimate of drug-likeness (QED) is 0.597. The fourth-order valence-electron chi connectivity index (χ4n) is 3.53. The number of hydrogen-bond donors (Lipinski definition) is 2. The first-order chi connectivity index (χ1) is 13.9. The molecule has 1 saturated carbocycles. The Balaban J connectivity index is 1.77. The number of ether oxygens (including phenoxy) is 1. The van der Waals surface area contributed by atoms with Gasteiger partial charge in [-0.3, -0.25) is 4.79 Å². The van der Waals surface area contributed by atoms with E-state index in [-0.39, 0.29) is 24.6 Å². The van der Waals surface area contributed by atoms with E-state index in [9.17, 15) is 13.6 Å². The van der Waals surface area contributed by atoms with Crippen LogP contribution in [-0.2, 0) is 11.3 Å². The summed E-state index contributed by atoms with van der Waals surface area (Å²) in [7, 11) is 0. The van der Waals surface area contributed by atoms with Gasteiger partial charge in [0.25, 0.3) is 0 Å². The van der Waals surface area contributed by atoms with E-state index >= 15 is 0 Å². The van der Waals surface area contributed by atoms with Gasteiger partial charge in [0.05, 0.1) is 0 Å². The van der Waals surface area contributed by atoms with Crippen molar-refractivity contribution in [3.05, 3.63) is 47.2 Å². The Morgan fingerprint density at radius 1 is 1.24 bits per heavy atom. The van der Waals surface area contributed by atoms with Crippen LogP contribution in [0.1, 0.15) is 49.7 Å². The predicted octanol–water partition coefficient (Wildman–Crippen LogP) is 4.61. The Hall–Kier alpha value is -2.54. The first-order valence-corrected chi connectivity index (χ1v) is 9.98. The van der Waals surface area contributed by atoms with Gasteiger partial charge in [-0.1, -0.05) is 0 Å². The van der Waals surface area contributed by atoms with Crippen molar-refractivity contribution in [3.63, 3.8) is 0 Å². The van der Waals surface area contributed by atoms with Crippen LogP contribution in [0, 0.1) is 18.6 Å². The number of aliphatic carboxylic acids is 1. The van der Waals surface area contributed by atoms with E-state index in [0.717, 1.165) is 31.2 Å². The van der Waals surface area contributed by atoms with Crippen LogP contribution < -0.4 is 10.1 Å². The summed E-state index contributed by atoms with van der Waals surface area (Å²) in [5, 5.41) is 11.5. The molecule has 0 spiro atoms. The number of aryl methyl sites for hydroxylation is 1. The molecular formula is C22H26F2N2O3. The molecule has 0 aliphatic heterocycles. The number of halogens is 2. The maximum Gasteiger partial charge on any atom is 0.303 e. The summed E-state index contributed by atoms with van der Waals surface area (Å²) in [6.45, 7) is 2.24. The van der Waals surface area contributed by atoms with Gasteiger partial charge in [-0.05, 0) is 74.9 Å². The largest absolute Gasteiger partial charge is 0.481 e. The third-order valence-electron chi connectivity index (χ3n) is 5.07. The van der Waals surface area contributed by atoms with Crippen molar-refractivity contribution in [1.82, 2.24) is 10.3 Å². The third-order valence-corrected chi connectivity index (χ3v) is 5.07. The van der Waals surface area contributed by atoms with Crippen molar-refractivity contribution in [2.75, 3.05) is 6.54 Å². The van der Waals surface area contributed by atoms with Crippen molar-refractivity contribution < 1.29 is 23.4 Å². The summed E-state index contributed by atoms with van der Waals surface area (Å²) in [6, 6.07) is 4.43. The highest BCUT2D eigenvalue weighted by Crippen LogP contribution is 2.34. The van der Waals surface area contributed by atoms with Gasteiger partial charge in [0.15, 0.2) is 0 Å². The fraction of sp³-hybridized carbons (Fsp3) is 0.455. The van der Waals surface area contributed by atoms with E-state index < -0.39 is 17.6 Å². The van der Waals surface area contributed by atoms with Gasteiger partial charge in [0.1, 0.15) is 17.7 Å². The Morgan fingerprint density at radius 3 is 2.59 bits per heavy atom. The zero-order valence-electron chi connectivity index (χ0n) is 16.5. The lowest BCUT2D eigenvalue weighted by Gasteiger charge is -2.17. The number of aromatic nitrogens is 1. The predicted molar refractivity (Wildman–Crippen MR) is 106 cm³/mol. The normalized spacial score (nSPS) is 14.3. The summed E-state index contributed by atoms with van der Waals surface area (Å²) in [4.78, 5) is 14.9. The molecule has 1 aliphatic rings. The smallest absolute Gasteiger partial charge is 0.303 e. The Bertz CT molecular complexity index is 844. The minimum Gasteiger partial charge on any atom is -0.481 e. The summed E-state index contributed by atoms with van der Waals surface area (Å²) >= 11 is 0. The van der Waals surface area contributed by atoms with Crippen LogP contribution >= 0.6 is 0 Å². The SMILES string of the molecule is Cc1cnc(OC2CCCC2)c(-c2cc(F)c(CNCCCC(=O)O)c(F)c2)c1. The number of nitrogens with zero attached hydrogens (tertiary/aromatic N) is 1. The maximum absolute atomic E-state index is 14.6. The van der Waals surface area contributed by atoms with Gasteiger partial charge in [-0.25, -0.2) is 13.8 Å². The maximum atomic E-state index is 14.6. The molecule has 1 aromatic heterocycles. The van der Waals surface area contributed by atoms with Gasteiger partial charge in [0, 0.05) is 30.3 Å². The molecule has 0 radical (unpaired) electrons. The number of rotatable bonds is 9. The van der Waals surface area contributed by atoms with Crippen LogP contribution in [0.15, 0.2) is 24.4 Å². The third kappa shape index (κ3) is 5.73. The zero-order valence-corrected chi connectivity index (χ0v) is 16.5. The number of hydrogen-bond acceptors (Lipinski definition) is 4. The van der Waals surface area contributed by atoms with Crippen molar-refractivity contribution in [3.8, 4) is 17.0 Å². The van der Waals surface area contributed by atoms with Crippen molar-refractivity contribution in [1.29, 1.82) is 0 Å². The molecule has 1 aliphatic carbocycles.